The van der Waals surface area contributed by atoms with Gasteiger partial charge in [-0.05, 0) is 47.5 Å². The fraction of sp³-hybridized carbons (Fsp3) is 0.400. The molecule has 1 atom stereocenters. The van der Waals surface area contributed by atoms with E-state index in [-0.39, 0.29) is 10.3 Å². The monoisotopic (exact) mass is 359 g/mol. The van der Waals surface area contributed by atoms with Gasteiger partial charge < -0.3 is 0 Å². The van der Waals surface area contributed by atoms with Crippen molar-refractivity contribution < 1.29 is 8.42 Å². The van der Waals surface area contributed by atoms with Crippen molar-refractivity contribution in [1.29, 1.82) is 0 Å². The first-order chi connectivity index (χ1) is 7.83. The van der Waals surface area contributed by atoms with Crippen LogP contribution in [0, 0.1) is 0 Å². The third-order valence-electron chi connectivity index (χ3n) is 2.04. The second-order valence-corrected chi connectivity index (χ2v) is 7.32. The van der Waals surface area contributed by atoms with Crippen LogP contribution in [-0.2, 0) is 10.0 Å². The van der Waals surface area contributed by atoms with Crippen molar-refractivity contribution in [3.8, 4) is 0 Å². The van der Waals surface area contributed by atoms with Gasteiger partial charge in [0.25, 0.3) is 0 Å². The number of halogens is 3. The molecule has 0 spiro atoms. The number of alkyl halides is 1. The molecule has 1 aromatic rings. The molecule has 0 radical (unpaired) electrons. The van der Waals surface area contributed by atoms with Gasteiger partial charge in [0.05, 0.1) is 9.92 Å². The molecule has 0 amide bonds. The Balaban J connectivity index is 2.79. The van der Waals surface area contributed by atoms with Crippen LogP contribution in [0.1, 0.15) is 13.3 Å². The van der Waals surface area contributed by atoms with E-state index in [0.29, 0.717) is 22.5 Å². The Morgan fingerprint density at radius 2 is 2.12 bits per heavy atom. The standard InChI is InChI=1S/C10H12BrCl2NO2S/c1-7(12)4-5-14-17(15,16)8-2-3-10(13)9(11)6-8/h2-3,6-7,14H,4-5H2,1H3. The van der Waals surface area contributed by atoms with Crippen LogP contribution < -0.4 is 4.72 Å². The molecular weight excluding hydrogens is 349 g/mol. The van der Waals surface area contributed by atoms with E-state index in [0.717, 1.165) is 0 Å². The van der Waals surface area contributed by atoms with Crippen LogP contribution in [0.15, 0.2) is 27.6 Å². The number of benzene rings is 1. The first-order valence-electron chi connectivity index (χ1n) is 4.91. The van der Waals surface area contributed by atoms with Crippen LogP contribution in [0.3, 0.4) is 0 Å². The van der Waals surface area contributed by atoms with E-state index in [1.165, 1.54) is 18.2 Å². The maximum absolute atomic E-state index is 11.9. The molecule has 96 valence electrons. The third-order valence-corrected chi connectivity index (χ3v) is 4.93. The van der Waals surface area contributed by atoms with Gasteiger partial charge in [0.1, 0.15) is 0 Å². The van der Waals surface area contributed by atoms with Gasteiger partial charge in [-0.25, -0.2) is 13.1 Å². The van der Waals surface area contributed by atoms with Gasteiger partial charge in [0.15, 0.2) is 0 Å². The average molecular weight is 361 g/mol. The third kappa shape index (κ3) is 4.75. The van der Waals surface area contributed by atoms with Gasteiger partial charge in [0.2, 0.25) is 10.0 Å². The van der Waals surface area contributed by atoms with E-state index in [9.17, 15) is 8.42 Å². The summed E-state index contributed by atoms with van der Waals surface area (Å²) in [5, 5.41) is 0.410. The summed E-state index contributed by atoms with van der Waals surface area (Å²) in [4.78, 5) is 0.177. The smallest absolute Gasteiger partial charge is 0.211 e. The molecule has 7 heteroatoms. The summed E-state index contributed by atoms with van der Waals surface area (Å²) in [6.07, 6.45) is 0.579. The largest absolute Gasteiger partial charge is 0.240 e. The molecule has 0 aliphatic carbocycles. The van der Waals surface area contributed by atoms with Gasteiger partial charge in [0, 0.05) is 16.4 Å². The fourth-order valence-corrected chi connectivity index (χ4v) is 2.95. The van der Waals surface area contributed by atoms with Crippen molar-refractivity contribution in [3.05, 3.63) is 27.7 Å². The van der Waals surface area contributed by atoms with Crippen LogP contribution >= 0.6 is 39.1 Å². The van der Waals surface area contributed by atoms with E-state index in [1.54, 1.807) is 0 Å². The molecule has 17 heavy (non-hydrogen) atoms. The SMILES string of the molecule is CC(Cl)CCNS(=O)(=O)c1ccc(Cl)c(Br)c1. The molecule has 1 aromatic carbocycles. The highest BCUT2D eigenvalue weighted by atomic mass is 79.9. The highest BCUT2D eigenvalue weighted by molar-refractivity contribution is 9.10. The predicted molar refractivity (Wildman–Crippen MR) is 74.3 cm³/mol. The quantitative estimate of drug-likeness (QED) is 0.818. The Hall–Kier alpha value is 0.190. The molecule has 1 unspecified atom stereocenters. The van der Waals surface area contributed by atoms with Crippen molar-refractivity contribution in [2.45, 2.75) is 23.6 Å². The lowest BCUT2D eigenvalue weighted by Gasteiger charge is -2.08. The van der Waals surface area contributed by atoms with Gasteiger partial charge >= 0.3 is 0 Å². The van der Waals surface area contributed by atoms with E-state index in [1.807, 2.05) is 6.92 Å². The zero-order chi connectivity index (χ0) is 13.1. The molecule has 0 bridgehead atoms. The van der Waals surface area contributed by atoms with Gasteiger partial charge in [-0.3, -0.25) is 0 Å². The van der Waals surface area contributed by atoms with Crippen LogP contribution in [0.25, 0.3) is 0 Å². The van der Waals surface area contributed by atoms with Gasteiger partial charge in [-0.1, -0.05) is 11.6 Å². The first kappa shape index (κ1) is 15.2. The molecule has 0 fully saturated rings. The zero-order valence-corrected chi connectivity index (χ0v) is 13.0. The summed E-state index contributed by atoms with van der Waals surface area (Å²) in [5.41, 5.74) is 0. The van der Waals surface area contributed by atoms with Gasteiger partial charge in [-0.15, -0.1) is 11.6 Å². The van der Waals surface area contributed by atoms with Crippen LogP contribution in [0.4, 0.5) is 0 Å². The number of rotatable bonds is 5. The Labute approximate surface area is 120 Å². The fourth-order valence-electron chi connectivity index (χ4n) is 1.12. The summed E-state index contributed by atoms with van der Waals surface area (Å²) in [6, 6.07) is 4.46. The lowest BCUT2D eigenvalue weighted by molar-refractivity contribution is 0.578. The Morgan fingerprint density at radius 3 is 2.65 bits per heavy atom. The summed E-state index contributed by atoms with van der Waals surface area (Å²) in [7, 11) is -3.49. The molecule has 0 aliphatic rings. The van der Waals surface area contributed by atoms with E-state index < -0.39 is 10.0 Å². The number of nitrogens with one attached hydrogen (secondary N) is 1. The molecule has 0 saturated carbocycles. The first-order valence-corrected chi connectivity index (χ1v) is 8.01. The van der Waals surface area contributed by atoms with Crippen molar-refractivity contribution in [3.63, 3.8) is 0 Å². The van der Waals surface area contributed by atoms with Crippen molar-refractivity contribution in [2.75, 3.05) is 6.54 Å². The number of sulfonamides is 1. The molecule has 1 rings (SSSR count). The Morgan fingerprint density at radius 1 is 1.47 bits per heavy atom. The maximum Gasteiger partial charge on any atom is 0.240 e. The minimum Gasteiger partial charge on any atom is -0.211 e. The Bertz CT molecular complexity index is 491. The van der Waals surface area contributed by atoms with Crippen molar-refractivity contribution >= 4 is 49.2 Å². The number of hydrogen-bond acceptors (Lipinski definition) is 2. The van der Waals surface area contributed by atoms with Crippen molar-refractivity contribution in [1.82, 2.24) is 4.72 Å². The van der Waals surface area contributed by atoms with Crippen molar-refractivity contribution in [2.24, 2.45) is 0 Å². The molecule has 1 N–H and O–H groups in total. The molecule has 0 saturated heterocycles. The van der Waals surface area contributed by atoms with E-state index in [2.05, 4.69) is 20.7 Å². The van der Waals surface area contributed by atoms with Crippen LogP contribution in [0.2, 0.25) is 5.02 Å². The minimum absolute atomic E-state index is 0.0605. The highest BCUT2D eigenvalue weighted by Crippen LogP contribution is 2.25. The van der Waals surface area contributed by atoms with E-state index in [4.69, 9.17) is 23.2 Å². The average Bonchev–Trinajstić information content (AvgIpc) is 2.21. The maximum atomic E-state index is 11.9. The lowest BCUT2D eigenvalue weighted by atomic mass is 10.3. The Kier molecular flexibility index (Phi) is 5.73. The lowest BCUT2D eigenvalue weighted by Crippen LogP contribution is -2.26. The normalized spacial score (nSPS) is 13.6. The topological polar surface area (TPSA) is 46.2 Å². The summed E-state index contributed by atoms with van der Waals surface area (Å²) >= 11 is 14.7. The second kappa shape index (κ2) is 6.38. The summed E-state index contributed by atoms with van der Waals surface area (Å²) in [6.45, 7) is 2.13. The van der Waals surface area contributed by atoms with Crippen LogP contribution in [0.5, 0.6) is 0 Å². The molecule has 0 heterocycles. The van der Waals surface area contributed by atoms with E-state index >= 15 is 0 Å². The summed E-state index contributed by atoms with van der Waals surface area (Å²) in [5.74, 6) is 0. The molecule has 0 aromatic heterocycles. The molecular formula is C10H12BrCl2NO2S. The van der Waals surface area contributed by atoms with Crippen LogP contribution in [-0.4, -0.2) is 20.3 Å². The second-order valence-electron chi connectivity index (χ2n) is 3.54. The molecule has 3 nitrogen and oxygen atoms in total. The summed E-state index contributed by atoms with van der Waals surface area (Å²) < 4.78 is 26.7. The minimum atomic E-state index is -3.49. The molecule has 0 aliphatic heterocycles. The predicted octanol–water partition coefficient (Wildman–Crippen LogP) is 3.40. The highest BCUT2D eigenvalue weighted by Gasteiger charge is 2.14. The number of hydrogen-bond donors (Lipinski definition) is 1. The zero-order valence-electron chi connectivity index (χ0n) is 9.08. The van der Waals surface area contributed by atoms with Gasteiger partial charge in [-0.2, -0.15) is 0 Å².